The van der Waals surface area contributed by atoms with Gasteiger partial charge in [0.1, 0.15) is 5.36 Å². The second-order valence-electron chi connectivity index (χ2n) is 2.77. The van der Waals surface area contributed by atoms with E-state index in [1.54, 1.807) is 12.3 Å². The standard InChI is InChI=1S/C8H4N4O/c13-8-10-6-2-1-5-4(3-9-12-5)7(6)11-8/h1-3H,(H,9,12). The third kappa shape index (κ3) is 0.752. The van der Waals surface area contributed by atoms with Gasteiger partial charge in [0, 0.05) is 5.39 Å². The molecule has 2 aromatic rings. The number of rotatable bonds is 0. The molecule has 0 fully saturated rings. The van der Waals surface area contributed by atoms with Gasteiger partial charge in [-0.1, -0.05) is 0 Å². The van der Waals surface area contributed by atoms with Gasteiger partial charge in [0.2, 0.25) is 0 Å². The van der Waals surface area contributed by atoms with Gasteiger partial charge in [-0.25, -0.2) is 4.79 Å². The fourth-order valence-electron chi connectivity index (χ4n) is 1.42. The van der Waals surface area contributed by atoms with Crippen molar-refractivity contribution in [3.63, 3.8) is 0 Å². The maximum Gasteiger partial charge on any atom is 0.368 e. The molecule has 0 atom stereocenters. The highest BCUT2D eigenvalue weighted by atomic mass is 16.2. The lowest BCUT2D eigenvalue weighted by atomic mass is 10.2. The number of benzene rings is 1. The number of amides is 2. The molecule has 0 radical (unpaired) electrons. The van der Waals surface area contributed by atoms with Crippen molar-refractivity contribution >= 4 is 16.9 Å². The van der Waals surface area contributed by atoms with Gasteiger partial charge in [-0.2, -0.15) is 15.1 Å². The van der Waals surface area contributed by atoms with Gasteiger partial charge in [-0.05, 0) is 12.1 Å². The number of fused-ring (bicyclic) bond motifs is 3. The number of carbonyl (C=O) groups excluding carboxylic acids is 1. The molecule has 0 bridgehead atoms. The maximum atomic E-state index is 10.9. The molecule has 1 aliphatic rings. The van der Waals surface area contributed by atoms with Crippen LogP contribution in [0.4, 0.5) is 4.79 Å². The number of hydrogen-bond donors (Lipinski definition) is 1. The van der Waals surface area contributed by atoms with Gasteiger partial charge in [0.15, 0.2) is 0 Å². The highest BCUT2D eigenvalue weighted by Gasteiger charge is 2.08. The normalized spacial score (nSPS) is 14.0. The third-order valence-electron chi connectivity index (χ3n) is 2.00. The Morgan fingerprint density at radius 3 is 3.08 bits per heavy atom. The number of nitrogens with zero attached hydrogens (tertiary/aromatic N) is 3. The largest absolute Gasteiger partial charge is 0.368 e. The van der Waals surface area contributed by atoms with Crippen LogP contribution in [-0.2, 0) is 0 Å². The van der Waals surface area contributed by atoms with Crippen LogP contribution >= 0.6 is 0 Å². The Bertz CT molecular complexity index is 625. The summed E-state index contributed by atoms with van der Waals surface area (Å²) in [5.74, 6) is 0. The number of nitrogens with one attached hydrogen (secondary N) is 1. The first-order chi connectivity index (χ1) is 6.34. The minimum atomic E-state index is -0.441. The highest BCUT2D eigenvalue weighted by molar-refractivity contribution is 5.83. The van der Waals surface area contributed by atoms with Gasteiger partial charge >= 0.3 is 6.03 Å². The Morgan fingerprint density at radius 2 is 2.15 bits per heavy atom. The molecular weight excluding hydrogens is 168 g/mol. The van der Waals surface area contributed by atoms with Gasteiger partial charge in [0.25, 0.3) is 0 Å². The second kappa shape index (κ2) is 2.01. The summed E-state index contributed by atoms with van der Waals surface area (Å²) in [5.41, 5.74) is 0.868. The highest BCUT2D eigenvalue weighted by Crippen LogP contribution is 2.02. The summed E-state index contributed by atoms with van der Waals surface area (Å²) in [6.07, 6.45) is 1.64. The third-order valence-corrected chi connectivity index (χ3v) is 2.00. The molecule has 0 unspecified atom stereocenters. The van der Waals surface area contributed by atoms with Crippen molar-refractivity contribution in [1.82, 2.24) is 10.2 Å². The number of carbonyl (C=O) groups is 1. The van der Waals surface area contributed by atoms with Crippen LogP contribution < -0.4 is 10.7 Å². The van der Waals surface area contributed by atoms with Crippen molar-refractivity contribution < 1.29 is 4.79 Å². The quantitative estimate of drug-likeness (QED) is 0.604. The number of hydrogen-bond acceptors (Lipinski definition) is 2. The molecule has 62 valence electrons. The van der Waals surface area contributed by atoms with Crippen LogP contribution in [0.15, 0.2) is 28.3 Å². The molecule has 1 N–H and O–H groups in total. The van der Waals surface area contributed by atoms with Gasteiger partial charge in [0.05, 0.1) is 17.1 Å². The molecule has 1 aromatic heterocycles. The molecule has 13 heavy (non-hydrogen) atoms. The van der Waals surface area contributed by atoms with Crippen LogP contribution in [0.25, 0.3) is 10.9 Å². The molecular formula is C8H4N4O. The molecule has 1 aromatic carbocycles. The fraction of sp³-hybridized carbons (Fsp3) is 0. The van der Waals surface area contributed by atoms with Crippen molar-refractivity contribution in [3.8, 4) is 0 Å². The van der Waals surface area contributed by atoms with Crippen molar-refractivity contribution in [2.24, 2.45) is 9.98 Å². The van der Waals surface area contributed by atoms with E-state index in [0.29, 0.717) is 10.7 Å². The molecule has 0 aliphatic carbocycles. The van der Waals surface area contributed by atoms with E-state index in [1.165, 1.54) is 0 Å². The van der Waals surface area contributed by atoms with E-state index in [0.717, 1.165) is 10.9 Å². The molecule has 5 nitrogen and oxygen atoms in total. The summed E-state index contributed by atoms with van der Waals surface area (Å²) in [5, 5.41) is 8.75. The number of aromatic amines is 1. The molecule has 2 heterocycles. The molecule has 3 rings (SSSR count). The van der Waals surface area contributed by atoms with E-state index in [-0.39, 0.29) is 0 Å². The molecule has 1 aliphatic heterocycles. The van der Waals surface area contributed by atoms with Crippen LogP contribution in [0.2, 0.25) is 0 Å². The predicted octanol–water partition coefficient (Wildman–Crippen LogP) is -0.0643. The van der Waals surface area contributed by atoms with Crippen molar-refractivity contribution in [1.29, 1.82) is 0 Å². The van der Waals surface area contributed by atoms with Crippen molar-refractivity contribution in [3.05, 3.63) is 29.0 Å². The lowest BCUT2D eigenvalue weighted by Crippen LogP contribution is -2.21. The molecule has 0 spiro atoms. The Kier molecular flexibility index (Phi) is 0.999. The summed E-state index contributed by atoms with van der Waals surface area (Å²) in [6.45, 7) is 0. The van der Waals surface area contributed by atoms with Gasteiger partial charge in [-0.15, -0.1) is 0 Å². The molecule has 5 heteroatoms. The first kappa shape index (κ1) is 6.47. The Labute approximate surface area is 71.8 Å². The maximum absolute atomic E-state index is 10.9. The lowest BCUT2D eigenvalue weighted by Gasteiger charge is -1.84. The minimum Gasteiger partial charge on any atom is -0.278 e. The topological polar surface area (TPSA) is 70.5 Å². The van der Waals surface area contributed by atoms with E-state index in [9.17, 15) is 4.79 Å². The summed E-state index contributed by atoms with van der Waals surface area (Å²) in [6, 6.07) is 3.15. The first-order valence-corrected chi connectivity index (χ1v) is 3.78. The average molecular weight is 172 g/mol. The smallest absolute Gasteiger partial charge is 0.278 e. The van der Waals surface area contributed by atoms with Crippen LogP contribution in [0.3, 0.4) is 0 Å². The number of urea groups is 1. The van der Waals surface area contributed by atoms with Crippen LogP contribution in [0, 0.1) is 0 Å². The number of aromatic nitrogens is 2. The molecule has 2 amide bonds. The SMILES string of the molecule is O=C1N=c2ccc3[nH]ncc3c2=N1. The average Bonchev–Trinajstić information content (AvgIpc) is 2.65. The summed E-state index contributed by atoms with van der Waals surface area (Å²) < 4.78 is 0. The number of H-pyrrole nitrogens is 1. The lowest BCUT2D eigenvalue weighted by molar-refractivity contribution is 0.257. The minimum absolute atomic E-state index is 0.441. The monoisotopic (exact) mass is 172 g/mol. The van der Waals surface area contributed by atoms with Crippen LogP contribution in [-0.4, -0.2) is 16.2 Å². The summed E-state index contributed by atoms with van der Waals surface area (Å²) >= 11 is 0. The summed E-state index contributed by atoms with van der Waals surface area (Å²) in [7, 11) is 0. The van der Waals surface area contributed by atoms with E-state index in [1.807, 2.05) is 6.07 Å². The zero-order valence-corrected chi connectivity index (χ0v) is 6.48. The Hall–Kier alpha value is -2.04. The Balaban J connectivity index is 2.69. The van der Waals surface area contributed by atoms with E-state index < -0.39 is 6.03 Å². The second-order valence-corrected chi connectivity index (χ2v) is 2.77. The van der Waals surface area contributed by atoms with Crippen LogP contribution in [0.1, 0.15) is 0 Å². The zero-order chi connectivity index (χ0) is 8.84. The van der Waals surface area contributed by atoms with E-state index in [4.69, 9.17) is 0 Å². The fourth-order valence-corrected chi connectivity index (χ4v) is 1.42. The first-order valence-electron chi connectivity index (χ1n) is 3.78. The zero-order valence-electron chi connectivity index (χ0n) is 6.48. The van der Waals surface area contributed by atoms with Crippen molar-refractivity contribution in [2.45, 2.75) is 0 Å². The Morgan fingerprint density at radius 1 is 1.23 bits per heavy atom. The van der Waals surface area contributed by atoms with Gasteiger partial charge < -0.3 is 0 Å². The van der Waals surface area contributed by atoms with E-state index >= 15 is 0 Å². The van der Waals surface area contributed by atoms with Crippen LogP contribution in [0.5, 0.6) is 0 Å². The molecule has 0 saturated carbocycles. The predicted molar refractivity (Wildman–Crippen MR) is 43.8 cm³/mol. The van der Waals surface area contributed by atoms with E-state index in [2.05, 4.69) is 20.2 Å². The van der Waals surface area contributed by atoms with Gasteiger partial charge in [-0.3, -0.25) is 5.10 Å². The summed E-state index contributed by atoms with van der Waals surface area (Å²) in [4.78, 5) is 18.4. The molecule has 0 saturated heterocycles. The van der Waals surface area contributed by atoms with Crippen molar-refractivity contribution in [2.75, 3.05) is 0 Å².